The molecular formula is C15H16O7. The fraction of sp³-hybridized carbons (Fsp3) is 0.533. The van der Waals surface area contributed by atoms with E-state index in [0.29, 0.717) is 6.42 Å². The molecule has 1 spiro atoms. The Morgan fingerprint density at radius 2 is 2.18 bits per heavy atom. The molecule has 3 aliphatic heterocycles. The van der Waals surface area contributed by atoms with Gasteiger partial charge in [0.1, 0.15) is 30.8 Å². The summed E-state index contributed by atoms with van der Waals surface area (Å²) in [6.07, 6.45) is 4.88. The molecule has 3 unspecified atom stereocenters. The highest BCUT2D eigenvalue weighted by Gasteiger charge is 2.70. The number of rotatable bonds is 6. The van der Waals surface area contributed by atoms with Gasteiger partial charge < -0.3 is 18.9 Å². The van der Waals surface area contributed by atoms with Crippen molar-refractivity contribution in [2.75, 3.05) is 19.8 Å². The molecule has 0 aromatic carbocycles. The van der Waals surface area contributed by atoms with Crippen molar-refractivity contribution in [3.05, 3.63) is 24.8 Å². The van der Waals surface area contributed by atoms with Crippen LogP contribution in [0.25, 0.3) is 0 Å². The van der Waals surface area contributed by atoms with Crippen LogP contribution in [0.5, 0.6) is 0 Å². The molecule has 22 heavy (non-hydrogen) atoms. The molecule has 0 aromatic rings. The molecular weight excluding hydrogens is 292 g/mol. The molecule has 0 amide bonds. The highest BCUT2D eigenvalue weighted by molar-refractivity contribution is 5.88. The Balaban J connectivity index is 1.57. The Morgan fingerprint density at radius 3 is 2.91 bits per heavy atom. The maximum atomic E-state index is 12.1. The van der Waals surface area contributed by atoms with Gasteiger partial charge in [-0.15, -0.1) is 0 Å². The van der Waals surface area contributed by atoms with Gasteiger partial charge in [-0.2, -0.15) is 0 Å². The molecule has 118 valence electrons. The van der Waals surface area contributed by atoms with Gasteiger partial charge in [-0.25, -0.2) is 4.79 Å². The van der Waals surface area contributed by atoms with E-state index >= 15 is 0 Å². The average molecular weight is 308 g/mol. The molecule has 0 saturated carbocycles. The zero-order valence-corrected chi connectivity index (χ0v) is 11.9. The molecule has 3 atom stereocenters. The molecule has 7 heteroatoms. The van der Waals surface area contributed by atoms with Crippen LogP contribution in [0.15, 0.2) is 24.8 Å². The molecule has 0 aromatic heterocycles. The molecule has 2 saturated heterocycles. The lowest BCUT2D eigenvalue weighted by atomic mass is 9.68. The topological polar surface area (TPSA) is 88.1 Å². The monoisotopic (exact) mass is 308 g/mol. The largest absolute Gasteiger partial charge is 0.462 e. The van der Waals surface area contributed by atoms with Crippen molar-refractivity contribution >= 4 is 17.9 Å². The maximum absolute atomic E-state index is 12.1. The van der Waals surface area contributed by atoms with Gasteiger partial charge in [0.05, 0.1) is 12.5 Å². The highest BCUT2D eigenvalue weighted by atomic mass is 16.6. The smallest absolute Gasteiger partial charge is 0.330 e. The molecule has 2 bridgehead atoms. The number of hydrogen-bond donors (Lipinski definition) is 0. The normalized spacial score (nSPS) is 34.2. The van der Waals surface area contributed by atoms with Crippen LogP contribution in [0, 0.1) is 5.41 Å². The van der Waals surface area contributed by atoms with Gasteiger partial charge in [-0.05, 0) is 12.5 Å². The van der Waals surface area contributed by atoms with Crippen LogP contribution in [-0.2, 0) is 33.3 Å². The van der Waals surface area contributed by atoms with Crippen molar-refractivity contribution in [2.45, 2.75) is 24.5 Å². The third-order valence-corrected chi connectivity index (χ3v) is 4.31. The SMILES string of the molecule is C=CC(=O)OCCOC(=O)CC12CC3C=CC1(COC2=O)O3. The Hall–Kier alpha value is -2.15. The first-order chi connectivity index (χ1) is 10.5. The predicted octanol–water partition coefficient (Wildman–Crippen LogP) is 0.290. The van der Waals surface area contributed by atoms with Crippen LogP contribution < -0.4 is 0 Å². The van der Waals surface area contributed by atoms with E-state index < -0.39 is 28.9 Å². The summed E-state index contributed by atoms with van der Waals surface area (Å²) >= 11 is 0. The highest BCUT2D eigenvalue weighted by Crippen LogP contribution is 2.58. The van der Waals surface area contributed by atoms with E-state index in [1.54, 1.807) is 0 Å². The van der Waals surface area contributed by atoms with Crippen LogP contribution in [0.3, 0.4) is 0 Å². The lowest BCUT2D eigenvalue weighted by molar-refractivity contribution is -0.158. The lowest BCUT2D eigenvalue weighted by Crippen LogP contribution is -2.46. The fourth-order valence-electron chi connectivity index (χ4n) is 3.25. The second-order valence-corrected chi connectivity index (χ2v) is 5.54. The van der Waals surface area contributed by atoms with Crippen LogP contribution in [0.4, 0.5) is 0 Å². The summed E-state index contributed by atoms with van der Waals surface area (Å²) in [6.45, 7) is 3.25. The summed E-state index contributed by atoms with van der Waals surface area (Å²) in [5.74, 6) is -1.55. The molecule has 7 nitrogen and oxygen atoms in total. The number of esters is 3. The van der Waals surface area contributed by atoms with Gasteiger partial charge in [0, 0.05) is 6.08 Å². The number of hydrogen-bond acceptors (Lipinski definition) is 7. The van der Waals surface area contributed by atoms with Crippen molar-refractivity contribution in [2.24, 2.45) is 5.41 Å². The molecule has 3 rings (SSSR count). The van der Waals surface area contributed by atoms with Gasteiger partial charge in [0.25, 0.3) is 0 Å². The first kappa shape index (κ1) is 14.8. The summed E-state index contributed by atoms with van der Waals surface area (Å²) in [5, 5.41) is 0. The molecule has 0 aliphatic carbocycles. The van der Waals surface area contributed by atoms with Gasteiger partial charge in [-0.3, -0.25) is 9.59 Å². The average Bonchev–Trinajstić information content (AvgIpc) is 3.12. The minimum Gasteiger partial charge on any atom is -0.462 e. The van der Waals surface area contributed by atoms with E-state index in [-0.39, 0.29) is 32.3 Å². The minimum absolute atomic E-state index is 0.0573. The van der Waals surface area contributed by atoms with Gasteiger partial charge >= 0.3 is 17.9 Å². The van der Waals surface area contributed by atoms with Crippen LogP contribution >= 0.6 is 0 Å². The predicted molar refractivity (Wildman–Crippen MR) is 71.5 cm³/mol. The first-order valence-electron chi connectivity index (χ1n) is 7.01. The summed E-state index contributed by atoms with van der Waals surface area (Å²) in [4.78, 5) is 35.0. The summed E-state index contributed by atoms with van der Waals surface area (Å²) < 4.78 is 20.6. The maximum Gasteiger partial charge on any atom is 0.330 e. The van der Waals surface area contributed by atoms with Gasteiger partial charge in [0.15, 0.2) is 0 Å². The standard InChI is InChI=1S/C15H16O7/c1-2-11(16)19-5-6-20-12(17)8-14-7-10-3-4-15(14,22-10)9-21-13(14)18/h2-4,10H,1,5-9H2. The Kier molecular flexibility index (Phi) is 3.52. The number of carbonyl (C=O) groups excluding carboxylic acids is 3. The molecule has 2 fully saturated rings. The zero-order chi connectivity index (χ0) is 15.8. The molecule has 3 heterocycles. The van der Waals surface area contributed by atoms with E-state index in [2.05, 4.69) is 6.58 Å². The van der Waals surface area contributed by atoms with Gasteiger partial charge in [0.2, 0.25) is 0 Å². The summed E-state index contributed by atoms with van der Waals surface area (Å²) in [6, 6.07) is 0. The van der Waals surface area contributed by atoms with E-state index in [9.17, 15) is 14.4 Å². The Labute approximate surface area is 126 Å². The quantitative estimate of drug-likeness (QED) is 0.229. The molecule has 0 radical (unpaired) electrons. The van der Waals surface area contributed by atoms with Crippen molar-refractivity contribution in [1.82, 2.24) is 0 Å². The molecule has 3 aliphatic rings. The van der Waals surface area contributed by atoms with Crippen LogP contribution in [0.1, 0.15) is 12.8 Å². The van der Waals surface area contributed by atoms with E-state index in [1.807, 2.05) is 12.2 Å². The number of fused-ring (bicyclic) bond motifs is 1. The van der Waals surface area contributed by atoms with E-state index in [0.717, 1.165) is 6.08 Å². The third kappa shape index (κ3) is 2.12. The Morgan fingerprint density at radius 1 is 1.41 bits per heavy atom. The Bertz CT molecular complexity index is 566. The zero-order valence-electron chi connectivity index (χ0n) is 11.9. The van der Waals surface area contributed by atoms with Gasteiger partial charge in [-0.1, -0.05) is 12.7 Å². The lowest BCUT2D eigenvalue weighted by Gasteiger charge is -2.30. The van der Waals surface area contributed by atoms with Crippen molar-refractivity contribution < 1.29 is 33.3 Å². The number of cyclic esters (lactones) is 1. The number of ether oxygens (including phenoxy) is 4. The third-order valence-electron chi connectivity index (χ3n) is 4.31. The molecule has 0 N–H and O–H groups in total. The second-order valence-electron chi connectivity index (χ2n) is 5.54. The van der Waals surface area contributed by atoms with Crippen molar-refractivity contribution in [3.63, 3.8) is 0 Å². The van der Waals surface area contributed by atoms with E-state index in [4.69, 9.17) is 18.9 Å². The van der Waals surface area contributed by atoms with Crippen LogP contribution in [-0.4, -0.2) is 49.4 Å². The summed E-state index contributed by atoms with van der Waals surface area (Å²) in [7, 11) is 0. The minimum atomic E-state index is -0.999. The van der Waals surface area contributed by atoms with Crippen molar-refractivity contribution in [1.29, 1.82) is 0 Å². The number of carbonyl (C=O) groups is 3. The fourth-order valence-corrected chi connectivity index (χ4v) is 3.25. The first-order valence-corrected chi connectivity index (χ1v) is 7.01. The second kappa shape index (κ2) is 5.24. The van der Waals surface area contributed by atoms with E-state index in [1.165, 1.54) is 0 Å². The van der Waals surface area contributed by atoms with Crippen LogP contribution in [0.2, 0.25) is 0 Å². The summed E-state index contributed by atoms with van der Waals surface area (Å²) in [5.41, 5.74) is -1.84. The van der Waals surface area contributed by atoms with Crippen molar-refractivity contribution in [3.8, 4) is 0 Å².